The smallest absolute Gasteiger partial charge is 0.314 e. The molecular weight excluding hydrogens is 592 g/mol. The van der Waals surface area contributed by atoms with E-state index in [9.17, 15) is 45.6 Å². The van der Waals surface area contributed by atoms with Gasteiger partial charge in [0, 0.05) is 5.92 Å². The number of carbonyl (C=O) groups is 1. The van der Waals surface area contributed by atoms with Crippen LogP contribution >= 0.6 is 0 Å². The van der Waals surface area contributed by atoms with Gasteiger partial charge in [0.05, 0.1) is 24.7 Å². The van der Waals surface area contributed by atoms with Crippen molar-refractivity contribution in [3.63, 3.8) is 0 Å². The highest BCUT2D eigenvalue weighted by molar-refractivity contribution is 5.77. The highest BCUT2D eigenvalue weighted by Gasteiger charge is 2.67. The first kappa shape index (κ1) is 33.7. The molecule has 6 rings (SSSR count). The number of rotatable bonds is 6. The molecule has 0 unspecified atom stereocenters. The number of aliphatic hydroxyl groups excluding tert-OH is 8. The lowest BCUT2D eigenvalue weighted by atomic mass is 9.41. The highest BCUT2D eigenvalue weighted by atomic mass is 16.7. The quantitative estimate of drug-likeness (QED) is 0.100. The summed E-state index contributed by atoms with van der Waals surface area (Å²) in [6.45, 7) is 7.35. The van der Waals surface area contributed by atoms with E-state index >= 15 is 0 Å². The van der Waals surface area contributed by atoms with E-state index < -0.39 is 92.1 Å². The molecule has 17 atom stereocenters. The Kier molecular flexibility index (Phi) is 9.00. The lowest BCUT2D eigenvalue weighted by molar-refractivity contribution is -0.320. The maximum Gasteiger partial charge on any atom is 0.314 e. The van der Waals surface area contributed by atoms with Gasteiger partial charge in [-0.15, -0.1) is 0 Å². The first-order chi connectivity index (χ1) is 21.2. The van der Waals surface area contributed by atoms with Gasteiger partial charge >= 0.3 is 5.97 Å². The molecule has 6 aliphatic rings. The Morgan fingerprint density at radius 1 is 0.844 bits per heavy atom. The molecule has 2 saturated heterocycles. The molecular formula is C32H50O13. The fourth-order valence-electron chi connectivity index (χ4n) is 10.4. The van der Waals surface area contributed by atoms with Crippen molar-refractivity contribution in [2.24, 2.45) is 34.0 Å². The summed E-state index contributed by atoms with van der Waals surface area (Å²) < 4.78 is 23.3. The third-order valence-corrected chi connectivity index (χ3v) is 12.8. The molecule has 0 amide bonds. The van der Waals surface area contributed by atoms with Crippen molar-refractivity contribution in [3.05, 3.63) is 12.2 Å². The Balaban J connectivity index is 1.24. The van der Waals surface area contributed by atoms with Gasteiger partial charge in [-0.3, -0.25) is 4.79 Å². The molecule has 256 valence electrons. The number of ether oxygens (including phenoxy) is 4. The molecule has 0 aromatic rings. The van der Waals surface area contributed by atoms with Crippen LogP contribution in [-0.4, -0.2) is 128 Å². The minimum Gasteiger partial charge on any atom is -0.432 e. The molecule has 13 heteroatoms. The summed E-state index contributed by atoms with van der Waals surface area (Å²) in [5.74, 6) is -0.517. The number of carbonyl (C=O) groups excluding carboxylic acids is 1. The molecule has 2 heterocycles. The van der Waals surface area contributed by atoms with Crippen LogP contribution in [-0.2, 0) is 23.7 Å². The second kappa shape index (κ2) is 12.0. The van der Waals surface area contributed by atoms with Crippen molar-refractivity contribution in [1.82, 2.24) is 0 Å². The third kappa shape index (κ3) is 5.21. The van der Waals surface area contributed by atoms with Crippen molar-refractivity contribution in [2.45, 2.75) is 133 Å². The van der Waals surface area contributed by atoms with Crippen molar-refractivity contribution in [2.75, 3.05) is 13.2 Å². The van der Waals surface area contributed by atoms with Gasteiger partial charge in [-0.1, -0.05) is 25.5 Å². The van der Waals surface area contributed by atoms with Gasteiger partial charge in [0.15, 0.2) is 6.29 Å². The van der Waals surface area contributed by atoms with Gasteiger partial charge in [-0.05, 0) is 74.5 Å². The fraction of sp³-hybridized carbons (Fsp3) is 0.906. The van der Waals surface area contributed by atoms with Gasteiger partial charge in [0.2, 0.25) is 6.29 Å². The van der Waals surface area contributed by atoms with Crippen LogP contribution in [0.1, 0.15) is 65.2 Å². The van der Waals surface area contributed by atoms with Crippen LogP contribution in [0.5, 0.6) is 0 Å². The number of fused-ring (bicyclic) bond motifs is 3. The molecule has 2 bridgehead atoms. The topological polar surface area (TPSA) is 216 Å². The molecule has 4 saturated carbocycles. The summed E-state index contributed by atoms with van der Waals surface area (Å²) in [4.78, 5) is 14.0. The average molecular weight is 643 g/mol. The Labute approximate surface area is 262 Å². The maximum atomic E-state index is 14.0. The van der Waals surface area contributed by atoms with Crippen LogP contribution in [0.3, 0.4) is 0 Å². The van der Waals surface area contributed by atoms with Gasteiger partial charge < -0.3 is 59.8 Å². The minimum absolute atomic E-state index is 0.0138. The van der Waals surface area contributed by atoms with Gasteiger partial charge in [0.1, 0.15) is 48.8 Å². The average Bonchev–Trinajstić information content (AvgIpc) is 3.28. The zero-order valence-corrected chi connectivity index (χ0v) is 26.0. The van der Waals surface area contributed by atoms with Gasteiger partial charge in [-0.25, -0.2) is 0 Å². The molecule has 2 aliphatic heterocycles. The SMILES string of the molecule is C=C1C[C@@]23CC[C@H]4[C@@](C)(CCC[C@@]4(C)C(=O)O[C@@H]4O[C@H](CO)[C@@H](O)[C@H](O)[C@H]4O)[C@@H]2C[C@@H](O[C@@H]2O[C@H](CO)[C@@H](O)[C@H](O)[C@H]2O)[C@@H]1C3. The number of esters is 1. The monoisotopic (exact) mass is 642 g/mol. The van der Waals surface area contributed by atoms with E-state index in [2.05, 4.69) is 13.5 Å². The highest BCUT2D eigenvalue weighted by Crippen LogP contribution is 2.72. The van der Waals surface area contributed by atoms with Crippen molar-refractivity contribution in [1.29, 1.82) is 0 Å². The summed E-state index contributed by atoms with van der Waals surface area (Å²) in [6, 6.07) is 0. The number of hydrogen-bond donors (Lipinski definition) is 8. The molecule has 0 aromatic heterocycles. The standard InChI is InChI=1S/C32H50O13/c1-14-10-32-8-5-19-30(2,6-4-7-31(19,3)29(41)45-28-26(40)24(38)22(36)18(13-34)44-28)20(32)9-16(15(14)11-32)42-27-25(39)23(37)21(35)17(12-33)43-27/h15-28,33-40H,1,4-13H2,2-3H3/t15-,16-,17-,18-,19+,20+,21-,22-,23+,24+,25-,26-,27-,28+,30-,31-,32-/m1/s1. The lowest BCUT2D eigenvalue weighted by Crippen LogP contribution is -2.62. The molecule has 6 fully saturated rings. The number of aliphatic hydroxyl groups is 8. The number of hydrogen-bond acceptors (Lipinski definition) is 13. The second-order valence-electron chi connectivity index (χ2n) is 15.1. The molecule has 45 heavy (non-hydrogen) atoms. The predicted molar refractivity (Wildman–Crippen MR) is 154 cm³/mol. The van der Waals surface area contributed by atoms with Crippen molar-refractivity contribution >= 4 is 5.97 Å². The Morgan fingerprint density at radius 3 is 2.07 bits per heavy atom. The van der Waals surface area contributed by atoms with Crippen LogP contribution in [0.2, 0.25) is 0 Å². The maximum absolute atomic E-state index is 14.0. The third-order valence-electron chi connectivity index (χ3n) is 12.8. The first-order valence-electron chi connectivity index (χ1n) is 16.4. The molecule has 8 N–H and O–H groups in total. The zero-order valence-electron chi connectivity index (χ0n) is 26.0. The van der Waals surface area contributed by atoms with E-state index in [1.165, 1.54) is 0 Å². The van der Waals surface area contributed by atoms with Crippen LogP contribution in [0.25, 0.3) is 0 Å². The van der Waals surface area contributed by atoms with E-state index in [4.69, 9.17) is 18.9 Å². The summed E-state index contributed by atoms with van der Waals surface area (Å²) >= 11 is 0. The predicted octanol–water partition coefficient (Wildman–Crippen LogP) is -0.906. The van der Waals surface area contributed by atoms with Crippen molar-refractivity contribution in [3.8, 4) is 0 Å². The van der Waals surface area contributed by atoms with Crippen molar-refractivity contribution < 1.29 is 64.6 Å². The minimum atomic E-state index is -1.68. The van der Waals surface area contributed by atoms with E-state index in [1.54, 1.807) is 0 Å². The van der Waals surface area contributed by atoms with Crippen LogP contribution in [0.15, 0.2) is 12.2 Å². The second-order valence-corrected chi connectivity index (χ2v) is 15.1. The molecule has 1 spiro atoms. The lowest BCUT2D eigenvalue weighted by Gasteiger charge is -2.64. The first-order valence-corrected chi connectivity index (χ1v) is 16.4. The Hall–Kier alpha value is -1.23. The van der Waals surface area contributed by atoms with E-state index in [0.717, 1.165) is 44.1 Å². The van der Waals surface area contributed by atoms with Crippen LogP contribution in [0.4, 0.5) is 0 Å². The van der Waals surface area contributed by atoms with Crippen LogP contribution < -0.4 is 0 Å². The largest absolute Gasteiger partial charge is 0.432 e. The normalized spacial score (nSPS) is 54.7. The zero-order chi connectivity index (χ0) is 32.6. The van der Waals surface area contributed by atoms with Gasteiger partial charge in [-0.2, -0.15) is 0 Å². The van der Waals surface area contributed by atoms with Gasteiger partial charge in [0.25, 0.3) is 0 Å². The van der Waals surface area contributed by atoms with E-state index in [-0.39, 0.29) is 28.6 Å². The molecule has 4 aliphatic carbocycles. The summed E-state index contributed by atoms with van der Waals surface area (Å²) in [7, 11) is 0. The van der Waals surface area contributed by atoms with Crippen LogP contribution in [0, 0.1) is 34.0 Å². The van der Waals surface area contributed by atoms with E-state index in [1.807, 2.05) is 6.92 Å². The summed E-state index contributed by atoms with van der Waals surface area (Å²) in [6.07, 6.45) is -8.75. The summed E-state index contributed by atoms with van der Waals surface area (Å²) in [5, 5.41) is 81.5. The molecule has 13 nitrogen and oxygen atoms in total. The summed E-state index contributed by atoms with van der Waals surface area (Å²) in [5.41, 5.74) is -0.212. The Bertz CT molecular complexity index is 1130. The van der Waals surface area contributed by atoms with E-state index in [0.29, 0.717) is 12.8 Å². The fourth-order valence-corrected chi connectivity index (χ4v) is 10.4. The molecule has 0 radical (unpaired) electrons. The molecule has 0 aromatic carbocycles. The Morgan fingerprint density at radius 2 is 1.44 bits per heavy atom.